The minimum atomic E-state index is -3.78. The van der Waals surface area contributed by atoms with Crippen molar-refractivity contribution in [1.29, 1.82) is 0 Å². The number of anilines is 2. The lowest BCUT2D eigenvalue weighted by Gasteiger charge is -2.25. The number of pyridine rings is 1. The summed E-state index contributed by atoms with van der Waals surface area (Å²) < 4.78 is 94.6. The maximum absolute atomic E-state index is 14.3. The molecule has 3 aromatic rings. The van der Waals surface area contributed by atoms with Crippen molar-refractivity contribution < 1.29 is 40.2 Å². The second kappa shape index (κ2) is 11.4. The molecule has 2 unspecified atom stereocenters. The average Bonchev–Trinajstić information content (AvgIpc) is 3.44. The number of imidazole rings is 1. The third-order valence-electron chi connectivity index (χ3n) is 8.16. The van der Waals surface area contributed by atoms with Crippen LogP contribution < -0.4 is 5.32 Å². The summed E-state index contributed by atoms with van der Waals surface area (Å²) in [6.07, 6.45) is 0.551. The van der Waals surface area contributed by atoms with Gasteiger partial charge >= 0.3 is 0 Å². The molecule has 2 aliphatic heterocycles. The Morgan fingerprint density at radius 3 is 2.40 bits per heavy atom. The van der Waals surface area contributed by atoms with Gasteiger partial charge in [-0.2, -0.15) is 0 Å². The lowest BCUT2D eigenvalue weighted by atomic mass is 10.0. The molecule has 0 bridgehead atoms. The van der Waals surface area contributed by atoms with Crippen molar-refractivity contribution in [3.8, 4) is 0 Å². The smallest absolute Gasteiger partial charge is 0.295 e. The Hall–Kier alpha value is -3.10. The van der Waals surface area contributed by atoms with Crippen LogP contribution in [0, 0.1) is 5.92 Å². The number of ketones is 1. The first kappa shape index (κ1) is 29.9. The highest BCUT2D eigenvalue weighted by Gasteiger charge is 2.60. The molecule has 1 aliphatic carbocycles. The number of hydrogen-bond donors (Lipinski definition) is 1. The minimum Gasteiger partial charge on any atom is -0.374 e. The number of carbonyl (C=O) groups is 1. The van der Waals surface area contributed by atoms with E-state index in [4.69, 9.17) is 9.47 Å². The summed E-state index contributed by atoms with van der Waals surface area (Å²) in [6, 6.07) is 6.22. The zero-order valence-electron chi connectivity index (χ0n) is 23.5. The van der Waals surface area contributed by atoms with Gasteiger partial charge in [0.1, 0.15) is 17.5 Å². The lowest BCUT2D eigenvalue weighted by Crippen LogP contribution is -2.21. The first-order valence-electron chi connectivity index (χ1n) is 14.4. The highest BCUT2D eigenvalue weighted by Crippen LogP contribution is 2.49. The molecule has 43 heavy (non-hydrogen) atoms. The Kier molecular flexibility index (Phi) is 7.96. The number of alkyl halides is 4. The Morgan fingerprint density at radius 1 is 1.07 bits per heavy atom. The van der Waals surface area contributed by atoms with E-state index in [-0.39, 0.29) is 39.2 Å². The maximum Gasteiger partial charge on any atom is 0.295 e. The van der Waals surface area contributed by atoms with E-state index in [1.54, 1.807) is 12.1 Å². The van der Waals surface area contributed by atoms with Crippen molar-refractivity contribution in [3.05, 3.63) is 41.3 Å². The van der Waals surface area contributed by atoms with Gasteiger partial charge in [0.2, 0.25) is 0 Å². The van der Waals surface area contributed by atoms with Crippen molar-refractivity contribution in [2.45, 2.75) is 80.9 Å². The first-order valence-corrected chi connectivity index (χ1v) is 16.3. The number of aromatic nitrogens is 3. The fraction of sp³-hybridized carbons (Fsp3) is 0.552. The number of ether oxygens (including phenoxy) is 2. The van der Waals surface area contributed by atoms with E-state index < -0.39 is 58.8 Å². The molecule has 14 heteroatoms. The molecule has 2 saturated heterocycles. The molecule has 9 nitrogen and oxygen atoms in total. The number of Topliss-reactive ketones (excluding diaryl/α,β-unsaturated/α-hetero) is 1. The zero-order valence-corrected chi connectivity index (χ0v) is 24.3. The van der Waals surface area contributed by atoms with Gasteiger partial charge in [-0.15, -0.1) is 0 Å². The molecule has 1 saturated carbocycles. The quantitative estimate of drug-likeness (QED) is 0.279. The monoisotopic (exact) mass is 624 g/mol. The Bertz CT molecular complexity index is 1650. The number of nitrogens with zero attached hydrogens (tertiary/aromatic N) is 3. The summed E-state index contributed by atoms with van der Waals surface area (Å²) in [5.74, 6) is -5.80. The van der Waals surface area contributed by atoms with Crippen molar-refractivity contribution in [3.63, 3.8) is 0 Å². The van der Waals surface area contributed by atoms with Crippen LogP contribution >= 0.6 is 0 Å². The number of hydrogen-bond acceptors (Lipinski definition) is 8. The molecular weight excluding hydrogens is 592 g/mol. The molecular formula is C29H32F4N4O5S. The molecule has 6 rings (SSSR count). The number of carbonyl (C=O) groups excluding carboxylic acids is 1. The Morgan fingerprint density at radius 2 is 1.79 bits per heavy atom. The fourth-order valence-electron chi connectivity index (χ4n) is 5.85. The van der Waals surface area contributed by atoms with E-state index in [0.29, 0.717) is 25.2 Å². The molecule has 232 valence electrons. The summed E-state index contributed by atoms with van der Waals surface area (Å²) in [7, 11) is -3.78. The number of nitrogens with one attached hydrogen (secondary N) is 1. The van der Waals surface area contributed by atoms with Crippen molar-refractivity contribution in [2.75, 3.05) is 24.8 Å². The Labute approximate surface area is 245 Å². The van der Waals surface area contributed by atoms with E-state index >= 15 is 0 Å². The van der Waals surface area contributed by atoms with Crippen LogP contribution in [-0.2, 0) is 30.5 Å². The van der Waals surface area contributed by atoms with Gasteiger partial charge in [-0.1, -0.05) is 6.07 Å². The molecule has 4 heterocycles. The summed E-state index contributed by atoms with van der Waals surface area (Å²) in [5, 5.41) is 3.03. The zero-order chi connectivity index (χ0) is 30.5. The molecule has 0 radical (unpaired) electrons. The summed E-state index contributed by atoms with van der Waals surface area (Å²) in [5.41, 5.74) is 1.03. The molecule has 3 fully saturated rings. The SMILES string of the molecule is CS(=O)(=O)c1cc([C@H]2CCCCO2)ccc1Nc1cc(CC(=O)C2CC2(F)F)nc2c1nc(C(F)F)n2C1CCCCO1. The molecule has 3 aliphatic rings. The van der Waals surface area contributed by atoms with Crippen LogP contribution in [0.15, 0.2) is 29.2 Å². The van der Waals surface area contributed by atoms with Crippen LogP contribution in [0.5, 0.6) is 0 Å². The second-order valence-corrected chi connectivity index (χ2v) is 13.4. The highest BCUT2D eigenvalue weighted by molar-refractivity contribution is 7.90. The molecule has 2 aromatic heterocycles. The van der Waals surface area contributed by atoms with Gasteiger partial charge in [-0.25, -0.2) is 35.9 Å². The topological polar surface area (TPSA) is 112 Å². The van der Waals surface area contributed by atoms with Crippen LogP contribution in [0.1, 0.15) is 80.8 Å². The molecule has 0 spiro atoms. The van der Waals surface area contributed by atoms with E-state index in [1.165, 1.54) is 16.7 Å². The number of benzene rings is 1. The summed E-state index contributed by atoms with van der Waals surface area (Å²) in [4.78, 5) is 21.3. The largest absolute Gasteiger partial charge is 0.374 e. The number of sulfone groups is 1. The standard InChI is InChI=1S/C29H32F4N4O5S/c1-43(39,40)23-12-16(22-6-2-4-10-41-22)8-9-19(23)35-20-13-17(14-21(38)18-15-29(18,32)33)34-27-25(20)36-28(26(30)31)37(27)24-7-3-5-11-42-24/h8-9,12-13,18,22,24,26H,2-7,10-11,14-15H2,1H3,(H,34,35)/t18?,22-,24?/m1/s1. The van der Waals surface area contributed by atoms with E-state index in [0.717, 1.165) is 38.4 Å². The normalized spacial score (nSPS) is 23.9. The summed E-state index contributed by atoms with van der Waals surface area (Å²) in [6.45, 7) is 0.920. The number of halogens is 4. The van der Waals surface area contributed by atoms with Gasteiger partial charge in [0, 0.05) is 32.3 Å². The van der Waals surface area contributed by atoms with Gasteiger partial charge in [0.05, 0.1) is 34.0 Å². The average molecular weight is 625 g/mol. The lowest BCUT2D eigenvalue weighted by molar-refractivity contribution is -0.121. The first-order chi connectivity index (χ1) is 20.4. The van der Waals surface area contributed by atoms with Crippen molar-refractivity contribution in [2.24, 2.45) is 5.92 Å². The van der Waals surface area contributed by atoms with Gasteiger partial charge < -0.3 is 14.8 Å². The van der Waals surface area contributed by atoms with E-state index in [1.807, 2.05) is 0 Å². The number of rotatable bonds is 9. The van der Waals surface area contributed by atoms with Gasteiger partial charge in [0.25, 0.3) is 12.3 Å². The van der Waals surface area contributed by atoms with Crippen LogP contribution in [0.25, 0.3) is 11.2 Å². The summed E-state index contributed by atoms with van der Waals surface area (Å²) >= 11 is 0. The van der Waals surface area contributed by atoms with Gasteiger partial charge in [-0.05, 0) is 62.3 Å². The van der Waals surface area contributed by atoms with E-state index in [2.05, 4.69) is 15.3 Å². The predicted octanol–water partition coefficient (Wildman–Crippen LogP) is 6.22. The van der Waals surface area contributed by atoms with Crippen LogP contribution in [-0.4, -0.2) is 54.1 Å². The molecule has 1 aromatic carbocycles. The molecule has 0 amide bonds. The third-order valence-corrected chi connectivity index (χ3v) is 9.30. The van der Waals surface area contributed by atoms with E-state index in [9.17, 15) is 30.8 Å². The highest BCUT2D eigenvalue weighted by atomic mass is 32.2. The Balaban J connectivity index is 1.46. The second-order valence-electron chi connectivity index (χ2n) is 11.5. The fourth-order valence-corrected chi connectivity index (χ4v) is 6.71. The van der Waals surface area contributed by atoms with Gasteiger partial charge in [-0.3, -0.25) is 9.36 Å². The van der Waals surface area contributed by atoms with Gasteiger partial charge in [0.15, 0.2) is 21.3 Å². The van der Waals surface area contributed by atoms with Crippen molar-refractivity contribution in [1.82, 2.24) is 14.5 Å². The predicted molar refractivity (Wildman–Crippen MR) is 148 cm³/mol. The third kappa shape index (κ3) is 6.14. The van der Waals surface area contributed by atoms with Crippen LogP contribution in [0.2, 0.25) is 0 Å². The molecule has 1 N–H and O–H groups in total. The number of fused-ring (bicyclic) bond motifs is 1. The van der Waals surface area contributed by atoms with Crippen molar-refractivity contribution >= 4 is 38.2 Å². The minimum absolute atomic E-state index is 0.00862. The van der Waals surface area contributed by atoms with Crippen LogP contribution in [0.3, 0.4) is 0 Å². The maximum atomic E-state index is 14.3. The van der Waals surface area contributed by atoms with Crippen LogP contribution in [0.4, 0.5) is 28.9 Å². The molecule has 3 atom stereocenters.